The smallest absolute Gasteiger partial charge is 0.410 e. The molecule has 0 unspecified atom stereocenters. The van der Waals surface area contributed by atoms with Gasteiger partial charge < -0.3 is 19.5 Å². The van der Waals surface area contributed by atoms with Crippen LogP contribution in [0.25, 0.3) is 0 Å². The van der Waals surface area contributed by atoms with E-state index < -0.39 is 23.4 Å². The number of ether oxygens (including phenoxy) is 2. The summed E-state index contributed by atoms with van der Waals surface area (Å²) in [6.07, 6.45) is -0.601. The maximum absolute atomic E-state index is 12.9. The Balaban J connectivity index is 1.73. The first-order valence-corrected chi connectivity index (χ1v) is 11.8. The number of carbonyl (C=O) groups excluding carboxylic acids is 1. The van der Waals surface area contributed by atoms with Gasteiger partial charge in [0.25, 0.3) is 0 Å². The van der Waals surface area contributed by atoms with Gasteiger partial charge >= 0.3 is 6.09 Å². The molecule has 4 rings (SSSR count). The van der Waals surface area contributed by atoms with E-state index in [-0.39, 0.29) is 19.2 Å². The second-order valence-electron chi connectivity index (χ2n) is 9.77. The molecule has 1 fully saturated rings. The fourth-order valence-corrected chi connectivity index (χ4v) is 4.58. The maximum atomic E-state index is 12.9. The molecule has 5 nitrogen and oxygen atoms in total. The first-order chi connectivity index (χ1) is 16.3. The standard InChI is InChI=1S/C29H33NO4/c1-28(2,3)34-27(32)30-20-26(31)19-25(30)21-33-29(22-13-7-4-8-14-22,23-15-9-5-10-16-23)24-17-11-6-12-18-24/h4-18,25-26,31H,19-21H2,1-3H3/t25-,26+/m0/s1. The van der Waals surface area contributed by atoms with E-state index in [9.17, 15) is 9.90 Å². The lowest BCUT2D eigenvalue weighted by Crippen LogP contribution is -2.44. The molecule has 0 spiro atoms. The number of nitrogens with zero attached hydrogens (tertiary/aromatic N) is 1. The number of rotatable bonds is 6. The highest BCUT2D eigenvalue weighted by Crippen LogP contribution is 2.41. The fraction of sp³-hybridized carbons (Fsp3) is 0.345. The van der Waals surface area contributed by atoms with Gasteiger partial charge in [-0.05, 0) is 43.9 Å². The van der Waals surface area contributed by atoms with Gasteiger partial charge in [0, 0.05) is 0 Å². The number of aliphatic hydroxyl groups excluding tert-OH is 1. The zero-order chi connectivity index (χ0) is 24.2. The monoisotopic (exact) mass is 459 g/mol. The van der Waals surface area contributed by atoms with Crippen LogP contribution >= 0.6 is 0 Å². The molecule has 178 valence electrons. The van der Waals surface area contributed by atoms with Crippen LogP contribution in [-0.4, -0.2) is 47.0 Å². The van der Waals surface area contributed by atoms with Crippen molar-refractivity contribution >= 4 is 6.09 Å². The minimum Gasteiger partial charge on any atom is -0.444 e. The largest absolute Gasteiger partial charge is 0.444 e. The second kappa shape index (κ2) is 10.00. The molecule has 34 heavy (non-hydrogen) atoms. The normalized spacial score (nSPS) is 18.6. The summed E-state index contributed by atoms with van der Waals surface area (Å²) in [6.45, 7) is 6.00. The third kappa shape index (κ3) is 5.16. The molecule has 1 amide bonds. The van der Waals surface area contributed by atoms with E-state index in [1.165, 1.54) is 0 Å². The number of likely N-dealkylation sites (tertiary alicyclic amines) is 1. The zero-order valence-corrected chi connectivity index (χ0v) is 20.1. The maximum Gasteiger partial charge on any atom is 0.410 e. The van der Waals surface area contributed by atoms with E-state index in [0.717, 1.165) is 16.7 Å². The van der Waals surface area contributed by atoms with Crippen molar-refractivity contribution in [2.75, 3.05) is 13.2 Å². The minimum atomic E-state index is -0.878. The molecule has 0 saturated carbocycles. The molecule has 3 aromatic carbocycles. The molecular formula is C29H33NO4. The van der Waals surface area contributed by atoms with Gasteiger partial charge in [-0.1, -0.05) is 91.0 Å². The van der Waals surface area contributed by atoms with Gasteiger partial charge in [0.2, 0.25) is 0 Å². The van der Waals surface area contributed by atoms with Crippen molar-refractivity contribution in [3.8, 4) is 0 Å². The quantitative estimate of drug-likeness (QED) is 0.504. The molecular weight excluding hydrogens is 426 g/mol. The Kier molecular flexibility index (Phi) is 7.05. The van der Waals surface area contributed by atoms with Gasteiger partial charge in [-0.2, -0.15) is 0 Å². The second-order valence-corrected chi connectivity index (χ2v) is 9.77. The van der Waals surface area contributed by atoms with Gasteiger partial charge in [0.15, 0.2) is 0 Å². The lowest BCUT2D eigenvalue weighted by atomic mass is 9.80. The molecule has 1 aliphatic rings. The fourth-order valence-electron chi connectivity index (χ4n) is 4.58. The average Bonchev–Trinajstić information content (AvgIpc) is 3.21. The van der Waals surface area contributed by atoms with Crippen molar-refractivity contribution in [1.29, 1.82) is 0 Å². The van der Waals surface area contributed by atoms with Crippen LogP contribution in [0.5, 0.6) is 0 Å². The zero-order valence-electron chi connectivity index (χ0n) is 20.1. The van der Waals surface area contributed by atoms with E-state index in [0.29, 0.717) is 6.42 Å². The van der Waals surface area contributed by atoms with Crippen LogP contribution in [0.4, 0.5) is 4.79 Å². The Morgan fingerprint density at radius 1 is 0.853 bits per heavy atom. The SMILES string of the molecule is CC(C)(C)OC(=O)N1C[C@H](O)C[C@H]1COC(c1ccccc1)(c1ccccc1)c1ccccc1. The molecule has 1 heterocycles. The highest BCUT2D eigenvalue weighted by Gasteiger charge is 2.42. The van der Waals surface area contributed by atoms with E-state index in [2.05, 4.69) is 36.4 Å². The number of hydrogen-bond donors (Lipinski definition) is 1. The average molecular weight is 460 g/mol. The first kappa shape index (κ1) is 24.0. The van der Waals surface area contributed by atoms with Crippen LogP contribution in [0.1, 0.15) is 43.9 Å². The van der Waals surface area contributed by atoms with Crippen LogP contribution in [0.3, 0.4) is 0 Å². The van der Waals surface area contributed by atoms with E-state index in [4.69, 9.17) is 9.47 Å². The first-order valence-electron chi connectivity index (χ1n) is 11.8. The van der Waals surface area contributed by atoms with Gasteiger partial charge in [0.1, 0.15) is 11.2 Å². The Morgan fingerprint density at radius 2 is 1.29 bits per heavy atom. The summed E-state index contributed by atoms with van der Waals surface area (Å²) < 4.78 is 12.5. The van der Waals surface area contributed by atoms with E-state index in [1.54, 1.807) is 4.90 Å². The molecule has 0 aliphatic carbocycles. The van der Waals surface area contributed by atoms with Gasteiger partial charge in [-0.15, -0.1) is 0 Å². The third-order valence-electron chi connectivity index (χ3n) is 6.05. The van der Waals surface area contributed by atoms with Crippen molar-refractivity contribution < 1.29 is 19.4 Å². The molecule has 1 aliphatic heterocycles. The van der Waals surface area contributed by atoms with Crippen LogP contribution in [0, 0.1) is 0 Å². The van der Waals surface area contributed by atoms with Crippen molar-refractivity contribution in [3.63, 3.8) is 0 Å². The van der Waals surface area contributed by atoms with E-state index in [1.807, 2.05) is 75.4 Å². The third-order valence-corrected chi connectivity index (χ3v) is 6.05. The van der Waals surface area contributed by atoms with Crippen LogP contribution < -0.4 is 0 Å². The Hall–Kier alpha value is -3.15. The van der Waals surface area contributed by atoms with Gasteiger partial charge in [-0.25, -0.2) is 4.79 Å². The topological polar surface area (TPSA) is 59.0 Å². The Labute approximate surface area is 201 Å². The number of benzene rings is 3. The minimum absolute atomic E-state index is 0.234. The Bertz CT molecular complexity index is 967. The van der Waals surface area contributed by atoms with Crippen molar-refractivity contribution in [2.24, 2.45) is 0 Å². The molecule has 5 heteroatoms. The van der Waals surface area contributed by atoms with Crippen molar-refractivity contribution in [3.05, 3.63) is 108 Å². The number of carbonyl (C=O) groups is 1. The predicted molar refractivity (Wildman–Crippen MR) is 133 cm³/mol. The highest BCUT2D eigenvalue weighted by molar-refractivity contribution is 5.69. The molecule has 0 aromatic heterocycles. The summed E-state index contributed by atoms with van der Waals surface area (Å²) in [5, 5.41) is 10.4. The number of β-amino-alcohol motifs (C(OH)–C–C–N with tert-alkyl or cyclic N) is 1. The van der Waals surface area contributed by atoms with Crippen LogP contribution in [0.15, 0.2) is 91.0 Å². The van der Waals surface area contributed by atoms with Crippen LogP contribution in [-0.2, 0) is 15.1 Å². The molecule has 2 atom stereocenters. The van der Waals surface area contributed by atoms with Gasteiger partial charge in [-0.3, -0.25) is 0 Å². The summed E-state index contributed by atoms with van der Waals surface area (Å²) in [5.41, 5.74) is 1.49. The van der Waals surface area contributed by atoms with Gasteiger partial charge in [0.05, 0.1) is 25.3 Å². The molecule has 0 radical (unpaired) electrons. The van der Waals surface area contributed by atoms with Crippen molar-refractivity contribution in [2.45, 2.75) is 50.5 Å². The number of aliphatic hydroxyl groups is 1. The lowest BCUT2D eigenvalue weighted by Gasteiger charge is -2.38. The van der Waals surface area contributed by atoms with E-state index >= 15 is 0 Å². The number of hydrogen-bond acceptors (Lipinski definition) is 4. The highest BCUT2D eigenvalue weighted by atomic mass is 16.6. The summed E-state index contributed by atoms with van der Waals surface area (Å²) >= 11 is 0. The summed E-state index contributed by atoms with van der Waals surface area (Å²) in [4.78, 5) is 14.5. The lowest BCUT2D eigenvalue weighted by molar-refractivity contribution is -0.0251. The number of amides is 1. The molecule has 3 aromatic rings. The molecule has 1 saturated heterocycles. The van der Waals surface area contributed by atoms with Crippen LogP contribution in [0.2, 0.25) is 0 Å². The summed E-state index contributed by atoms with van der Waals surface area (Å²) in [6, 6.07) is 30.1. The molecule has 1 N–H and O–H groups in total. The predicted octanol–water partition coefficient (Wildman–Crippen LogP) is 5.37. The summed E-state index contributed by atoms with van der Waals surface area (Å²) in [7, 11) is 0. The molecule has 0 bridgehead atoms. The van der Waals surface area contributed by atoms with Crippen molar-refractivity contribution in [1.82, 2.24) is 4.90 Å². The summed E-state index contributed by atoms with van der Waals surface area (Å²) in [5.74, 6) is 0. The Morgan fingerprint density at radius 3 is 1.71 bits per heavy atom.